The highest BCUT2D eigenvalue weighted by molar-refractivity contribution is 5.90. The Hall–Kier alpha value is -1.55. The predicted molar refractivity (Wildman–Crippen MR) is 71.7 cm³/mol. The molecule has 1 rings (SSSR count). The first kappa shape index (κ1) is 14.5. The van der Waals surface area contributed by atoms with Crippen molar-refractivity contribution >= 4 is 11.6 Å². The number of hydrogen-bond donors (Lipinski definition) is 2. The van der Waals surface area contributed by atoms with Crippen molar-refractivity contribution in [2.75, 3.05) is 18.5 Å². The number of carbonyl (C=O) groups excluding carboxylic acids is 1. The maximum Gasteiger partial charge on any atom is 0.224 e. The number of aliphatic hydroxyl groups is 1. The number of benzene rings is 1. The van der Waals surface area contributed by atoms with Crippen LogP contribution in [0.25, 0.3) is 0 Å². The minimum Gasteiger partial charge on any atom is -0.493 e. The fraction of sp³-hybridized carbons (Fsp3) is 0.500. The minimum atomic E-state index is -0.0925. The van der Waals surface area contributed by atoms with Gasteiger partial charge in [-0.2, -0.15) is 0 Å². The van der Waals surface area contributed by atoms with E-state index in [-0.39, 0.29) is 12.5 Å². The Morgan fingerprint density at radius 1 is 1.44 bits per heavy atom. The van der Waals surface area contributed by atoms with E-state index in [2.05, 4.69) is 19.2 Å². The summed E-state index contributed by atoms with van der Waals surface area (Å²) in [5, 5.41) is 11.4. The summed E-state index contributed by atoms with van der Waals surface area (Å²) in [7, 11) is 0. The number of hydrogen-bond acceptors (Lipinski definition) is 3. The summed E-state index contributed by atoms with van der Waals surface area (Å²) >= 11 is 0. The van der Waals surface area contributed by atoms with Gasteiger partial charge in [-0.3, -0.25) is 4.79 Å². The zero-order chi connectivity index (χ0) is 13.4. The maximum absolute atomic E-state index is 11.5. The van der Waals surface area contributed by atoms with Crippen LogP contribution in [-0.2, 0) is 4.79 Å². The summed E-state index contributed by atoms with van der Waals surface area (Å²) in [5.74, 6) is 1.13. The molecule has 0 radical (unpaired) electrons. The van der Waals surface area contributed by atoms with Crippen molar-refractivity contribution in [3.8, 4) is 5.75 Å². The summed E-state index contributed by atoms with van der Waals surface area (Å²) in [6.45, 7) is 4.86. The second-order valence-electron chi connectivity index (χ2n) is 4.61. The van der Waals surface area contributed by atoms with Gasteiger partial charge in [0.1, 0.15) is 5.75 Å². The smallest absolute Gasteiger partial charge is 0.224 e. The van der Waals surface area contributed by atoms with Crippen LogP contribution in [0.5, 0.6) is 5.75 Å². The van der Waals surface area contributed by atoms with E-state index in [4.69, 9.17) is 9.84 Å². The van der Waals surface area contributed by atoms with Crippen LogP contribution in [0, 0.1) is 5.92 Å². The average molecular weight is 251 g/mol. The van der Waals surface area contributed by atoms with Gasteiger partial charge in [-0.25, -0.2) is 0 Å². The SMILES string of the molecule is CC(C)COc1cccc(NC(=O)CCCO)c1. The first-order chi connectivity index (χ1) is 8.61. The zero-order valence-electron chi connectivity index (χ0n) is 11.0. The first-order valence-electron chi connectivity index (χ1n) is 6.25. The summed E-state index contributed by atoms with van der Waals surface area (Å²) in [6.07, 6.45) is 0.808. The van der Waals surface area contributed by atoms with Crippen LogP contribution in [0.15, 0.2) is 24.3 Å². The van der Waals surface area contributed by atoms with E-state index in [1.165, 1.54) is 0 Å². The van der Waals surface area contributed by atoms with Gasteiger partial charge in [0, 0.05) is 24.8 Å². The molecule has 4 heteroatoms. The zero-order valence-corrected chi connectivity index (χ0v) is 11.0. The number of ether oxygens (including phenoxy) is 1. The van der Waals surface area contributed by atoms with Gasteiger partial charge in [0.15, 0.2) is 0 Å². The lowest BCUT2D eigenvalue weighted by Gasteiger charge is -2.10. The van der Waals surface area contributed by atoms with E-state index in [1.807, 2.05) is 18.2 Å². The number of aliphatic hydroxyl groups excluding tert-OH is 1. The lowest BCUT2D eigenvalue weighted by molar-refractivity contribution is -0.116. The molecule has 0 saturated heterocycles. The van der Waals surface area contributed by atoms with E-state index in [0.717, 1.165) is 11.4 Å². The highest BCUT2D eigenvalue weighted by Gasteiger charge is 2.03. The Morgan fingerprint density at radius 2 is 2.22 bits per heavy atom. The molecule has 18 heavy (non-hydrogen) atoms. The van der Waals surface area contributed by atoms with Crippen molar-refractivity contribution in [1.29, 1.82) is 0 Å². The largest absolute Gasteiger partial charge is 0.493 e. The van der Waals surface area contributed by atoms with Crippen molar-refractivity contribution < 1.29 is 14.6 Å². The van der Waals surface area contributed by atoms with Crippen LogP contribution in [0.2, 0.25) is 0 Å². The molecule has 0 bridgehead atoms. The second-order valence-corrected chi connectivity index (χ2v) is 4.61. The van der Waals surface area contributed by atoms with Crippen LogP contribution in [0.1, 0.15) is 26.7 Å². The highest BCUT2D eigenvalue weighted by Crippen LogP contribution is 2.18. The molecule has 0 fully saturated rings. The molecule has 100 valence electrons. The monoisotopic (exact) mass is 251 g/mol. The molecule has 0 aliphatic heterocycles. The van der Waals surface area contributed by atoms with E-state index >= 15 is 0 Å². The van der Waals surface area contributed by atoms with Crippen molar-refractivity contribution in [1.82, 2.24) is 0 Å². The van der Waals surface area contributed by atoms with Crippen molar-refractivity contribution in [3.63, 3.8) is 0 Å². The molecule has 0 aromatic heterocycles. The van der Waals surface area contributed by atoms with E-state index < -0.39 is 0 Å². The molecule has 0 saturated carbocycles. The fourth-order valence-electron chi connectivity index (χ4n) is 1.39. The summed E-state index contributed by atoms with van der Waals surface area (Å²) in [6, 6.07) is 7.33. The van der Waals surface area contributed by atoms with Crippen molar-refractivity contribution in [2.45, 2.75) is 26.7 Å². The molecule has 0 unspecified atom stereocenters. The van der Waals surface area contributed by atoms with Gasteiger partial charge in [0.2, 0.25) is 5.91 Å². The van der Waals surface area contributed by atoms with Crippen molar-refractivity contribution in [2.24, 2.45) is 5.92 Å². The van der Waals surface area contributed by atoms with Gasteiger partial charge in [-0.05, 0) is 24.5 Å². The van der Waals surface area contributed by atoms with Crippen LogP contribution in [0.3, 0.4) is 0 Å². The fourth-order valence-corrected chi connectivity index (χ4v) is 1.39. The molecule has 0 atom stereocenters. The second kappa shape index (κ2) is 7.71. The van der Waals surface area contributed by atoms with Crippen molar-refractivity contribution in [3.05, 3.63) is 24.3 Å². The normalized spacial score (nSPS) is 10.4. The van der Waals surface area contributed by atoms with Gasteiger partial charge in [-0.15, -0.1) is 0 Å². The predicted octanol–water partition coefficient (Wildman–Crippen LogP) is 2.43. The standard InChI is InChI=1S/C14H21NO3/c1-11(2)10-18-13-6-3-5-12(9-13)15-14(17)7-4-8-16/h3,5-6,9,11,16H,4,7-8,10H2,1-2H3,(H,15,17). The molecular formula is C14H21NO3. The number of nitrogens with one attached hydrogen (secondary N) is 1. The van der Waals surface area contributed by atoms with E-state index in [9.17, 15) is 4.79 Å². The number of carbonyl (C=O) groups is 1. The Morgan fingerprint density at radius 3 is 2.89 bits per heavy atom. The average Bonchev–Trinajstić information content (AvgIpc) is 2.34. The summed E-state index contributed by atoms with van der Waals surface area (Å²) < 4.78 is 5.58. The third kappa shape index (κ3) is 5.68. The Kier molecular flexibility index (Phi) is 6.22. The molecule has 0 aliphatic carbocycles. The van der Waals surface area contributed by atoms with Gasteiger partial charge >= 0.3 is 0 Å². The molecule has 0 spiro atoms. The summed E-state index contributed by atoms with van der Waals surface area (Å²) in [5.41, 5.74) is 0.721. The van der Waals surface area contributed by atoms with Crippen LogP contribution in [-0.4, -0.2) is 24.2 Å². The van der Waals surface area contributed by atoms with Crippen LogP contribution >= 0.6 is 0 Å². The Balaban J connectivity index is 2.51. The highest BCUT2D eigenvalue weighted by atomic mass is 16.5. The van der Waals surface area contributed by atoms with Crippen LogP contribution in [0.4, 0.5) is 5.69 Å². The van der Waals surface area contributed by atoms with E-state index in [1.54, 1.807) is 6.07 Å². The van der Waals surface area contributed by atoms with Crippen LogP contribution < -0.4 is 10.1 Å². The van der Waals surface area contributed by atoms with Gasteiger partial charge in [0.05, 0.1) is 6.61 Å². The lowest BCUT2D eigenvalue weighted by atomic mass is 10.2. The molecule has 4 nitrogen and oxygen atoms in total. The Labute approximate surface area is 108 Å². The lowest BCUT2D eigenvalue weighted by Crippen LogP contribution is -2.12. The van der Waals surface area contributed by atoms with Gasteiger partial charge in [0.25, 0.3) is 0 Å². The minimum absolute atomic E-state index is 0.0327. The van der Waals surface area contributed by atoms with Gasteiger partial charge < -0.3 is 15.2 Å². The molecule has 1 aromatic carbocycles. The number of anilines is 1. The molecule has 0 aliphatic rings. The maximum atomic E-state index is 11.5. The van der Waals surface area contributed by atoms with Gasteiger partial charge in [-0.1, -0.05) is 19.9 Å². The molecule has 1 aromatic rings. The third-order valence-corrected chi connectivity index (χ3v) is 2.26. The third-order valence-electron chi connectivity index (χ3n) is 2.26. The quantitative estimate of drug-likeness (QED) is 0.782. The topological polar surface area (TPSA) is 58.6 Å². The van der Waals surface area contributed by atoms with E-state index in [0.29, 0.717) is 25.4 Å². The first-order valence-corrected chi connectivity index (χ1v) is 6.25. The molecule has 1 amide bonds. The number of amides is 1. The summed E-state index contributed by atoms with van der Waals surface area (Å²) in [4.78, 5) is 11.5. The molecular weight excluding hydrogens is 230 g/mol. The Bertz CT molecular complexity index is 377. The molecule has 2 N–H and O–H groups in total. The molecule has 0 heterocycles. The number of rotatable bonds is 7.